The highest BCUT2D eigenvalue weighted by Gasteiger charge is 2.21. The fourth-order valence-electron chi connectivity index (χ4n) is 1.45. The number of benzene rings is 1. The number of halogens is 1. The van der Waals surface area contributed by atoms with Crippen molar-refractivity contribution in [2.24, 2.45) is 5.73 Å². The van der Waals surface area contributed by atoms with E-state index in [-0.39, 0.29) is 38.8 Å². The molecule has 1 aromatic rings. The number of nitrogens with two attached hydrogens (primary N) is 1. The van der Waals surface area contributed by atoms with Gasteiger partial charge in [0.2, 0.25) is 0 Å². The van der Waals surface area contributed by atoms with Crippen molar-refractivity contribution in [3.8, 4) is 0 Å². The molecule has 0 aliphatic carbocycles. The third kappa shape index (κ3) is 7.82. The predicted molar refractivity (Wildman–Crippen MR) is 82.7 cm³/mol. The molecule has 1 atom stereocenters. The Morgan fingerprint density at radius 3 is 2.45 bits per heavy atom. The van der Waals surface area contributed by atoms with Crippen LogP contribution in [0.2, 0.25) is 0 Å². The van der Waals surface area contributed by atoms with Gasteiger partial charge in [0, 0.05) is 13.7 Å². The van der Waals surface area contributed by atoms with Gasteiger partial charge >= 0.3 is 12.1 Å². The summed E-state index contributed by atoms with van der Waals surface area (Å²) >= 11 is 0. The second-order valence-electron chi connectivity index (χ2n) is 4.15. The van der Waals surface area contributed by atoms with E-state index < -0.39 is 18.1 Å². The molecule has 0 bridgehead atoms. The summed E-state index contributed by atoms with van der Waals surface area (Å²) in [5.74, 6) is -0.619. The number of carbonyl (C=O) groups is 2. The summed E-state index contributed by atoms with van der Waals surface area (Å²) in [5, 5.41) is 2.36. The quantitative estimate of drug-likeness (QED) is 0.541. The van der Waals surface area contributed by atoms with Crippen molar-refractivity contribution in [2.75, 3.05) is 26.9 Å². The molecule has 0 radical (unpaired) electrons. The molecule has 0 spiro atoms. The molecule has 0 aromatic heterocycles. The van der Waals surface area contributed by atoms with E-state index in [1.54, 1.807) is 0 Å². The average molecular weight is 333 g/mol. The Labute approximate surface area is 135 Å². The van der Waals surface area contributed by atoms with Gasteiger partial charge in [0.15, 0.2) is 0 Å². The third-order valence-corrected chi connectivity index (χ3v) is 2.56. The fourth-order valence-corrected chi connectivity index (χ4v) is 1.45. The molecule has 1 amide bonds. The standard InChI is InChI=1S/C14H20N2O5.ClH/c1-19-7-8-20-13(17)12(9-15)16-14(18)21-10-11-5-3-2-4-6-11;/h2-6,12H,7-10,15H2,1H3,(H,16,18);1H/t12-;/m1./s1. The number of carbonyl (C=O) groups excluding carboxylic acids is 2. The highest BCUT2D eigenvalue weighted by Crippen LogP contribution is 2.01. The molecule has 0 aliphatic rings. The van der Waals surface area contributed by atoms with E-state index in [2.05, 4.69) is 5.32 Å². The lowest BCUT2D eigenvalue weighted by Crippen LogP contribution is -2.47. The Morgan fingerprint density at radius 1 is 1.18 bits per heavy atom. The third-order valence-electron chi connectivity index (χ3n) is 2.56. The van der Waals surface area contributed by atoms with Crippen molar-refractivity contribution in [3.63, 3.8) is 0 Å². The summed E-state index contributed by atoms with van der Waals surface area (Å²) in [4.78, 5) is 23.2. The summed E-state index contributed by atoms with van der Waals surface area (Å²) in [6.07, 6.45) is -0.724. The van der Waals surface area contributed by atoms with E-state index >= 15 is 0 Å². The maximum atomic E-state index is 11.6. The normalized spacial score (nSPS) is 11.0. The van der Waals surface area contributed by atoms with Gasteiger partial charge in [-0.15, -0.1) is 12.4 Å². The van der Waals surface area contributed by atoms with E-state index in [0.717, 1.165) is 5.56 Å². The lowest BCUT2D eigenvalue weighted by atomic mass is 10.2. The van der Waals surface area contributed by atoms with Crippen molar-refractivity contribution in [1.82, 2.24) is 5.32 Å². The number of alkyl carbamates (subject to hydrolysis) is 1. The summed E-state index contributed by atoms with van der Waals surface area (Å²) in [6, 6.07) is 8.26. The number of amides is 1. The van der Waals surface area contributed by atoms with Crippen LogP contribution in [0.3, 0.4) is 0 Å². The molecule has 0 saturated carbocycles. The SMILES string of the molecule is COCCOC(=O)[C@@H](CN)NC(=O)OCc1ccccc1.Cl. The van der Waals surface area contributed by atoms with Crippen LogP contribution >= 0.6 is 12.4 Å². The lowest BCUT2D eigenvalue weighted by molar-refractivity contribution is -0.147. The van der Waals surface area contributed by atoms with Crippen molar-refractivity contribution >= 4 is 24.5 Å². The van der Waals surface area contributed by atoms with Gasteiger partial charge in [-0.3, -0.25) is 0 Å². The Morgan fingerprint density at radius 2 is 1.86 bits per heavy atom. The molecular weight excluding hydrogens is 312 g/mol. The monoisotopic (exact) mass is 332 g/mol. The zero-order valence-corrected chi connectivity index (χ0v) is 13.1. The van der Waals surface area contributed by atoms with Crippen LogP contribution in [-0.4, -0.2) is 45.0 Å². The van der Waals surface area contributed by atoms with Crippen LogP contribution in [-0.2, 0) is 25.6 Å². The van der Waals surface area contributed by atoms with Crippen LogP contribution in [0.4, 0.5) is 4.79 Å². The molecule has 0 aliphatic heterocycles. The van der Waals surface area contributed by atoms with Crippen LogP contribution < -0.4 is 11.1 Å². The van der Waals surface area contributed by atoms with Crippen LogP contribution in [0.25, 0.3) is 0 Å². The molecule has 3 N–H and O–H groups in total. The zero-order valence-electron chi connectivity index (χ0n) is 12.3. The number of rotatable bonds is 8. The highest BCUT2D eigenvalue weighted by atomic mass is 35.5. The summed E-state index contributed by atoms with van der Waals surface area (Å²) in [5.41, 5.74) is 6.28. The minimum atomic E-state index is -0.940. The maximum absolute atomic E-state index is 11.6. The fraction of sp³-hybridized carbons (Fsp3) is 0.429. The van der Waals surface area contributed by atoms with Gasteiger partial charge in [-0.1, -0.05) is 30.3 Å². The molecule has 1 rings (SSSR count). The largest absolute Gasteiger partial charge is 0.462 e. The summed E-state index contributed by atoms with van der Waals surface area (Å²) in [6.45, 7) is 0.420. The predicted octanol–water partition coefficient (Wildman–Crippen LogP) is 0.852. The van der Waals surface area contributed by atoms with Crippen molar-refractivity contribution < 1.29 is 23.8 Å². The van der Waals surface area contributed by atoms with E-state index in [9.17, 15) is 9.59 Å². The van der Waals surface area contributed by atoms with Gasteiger partial charge in [-0.25, -0.2) is 9.59 Å². The molecular formula is C14H21ClN2O5. The summed E-state index contributed by atoms with van der Waals surface area (Å²) in [7, 11) is 1.49. The second-order valence-corrected chi connectivity index (χ2v) is 4.15. The van der Waals surface area contributed by atoms with Gasteiger partial charge < -0.3 is 25.3 Å². The molecule has 0 saturated heterocycles. The maximum Gasteiger partial charge on any atom is 0.408 e. The highest BCUT2D eigenvalue weighted by molar-refractivity contribution is 5.85. The van der Waals surface area contributed by atoms with Gasteiger partial charge in [-0.05, 0) is 5.56 Å². The molecule has 7 nitrogen and oxygen atoms in total. The Hall–Kier alpha value is -1.83. The van der Waals surface area contributed by atoms with E-state index in [0.29, 0.717) is 0 Å². The van der Waals surface area contributed by atoms with Gasteiger partial charge in [0.05, 0.1) is 6.61 Å². The topological polar surface area (TPSA) is 99.9 Å². The second kappa shape index (κ2) is 11.8. The van der Waals surface area contributed by atoms with Crippen LogP contribution in [0.5, 0.6) is 0 Å². The number of hydrogen-bond acceptors (Lipinski definition) is 6. The van der Waals surface area contributed by atoms with Gasteiger partial charge in [0.1, 0.15) is 19.3 Å². The smallest absolute Gasteiger partial charge is 0.408 e. The van der Waals surface area contributed by atoms with Crippen molar-refractivity contribution in [1.29, 1.82) is 0 Å². The first kappa shape index (κ1) is 20.2. The van der Waals surface area contributed by atoms with Gasteiger partial charge in [-0.2, -0.15) is 0 Å². The minimum Gasteiger partial charge on any atom is -0.462 e. The van der Waals surface area contributed by atoms with Crippen LogP contribution in [0.1, 0.15) is 5.56 Å². The number of methoxy groups -OCH3 is 1. The van der Waals surface area contributed by atoms with E-state index in [1.165, 1.54) is 7.11 Å². The minimum absolute atomic E-state index is 0. The first-order valence-corrected chi connectivity index (χ1v) is 6.50. The van der Waals surface area contributed by atoms with Gasteiger partial charge in [0.25, 0.3) is 0 Å². The van der Waals surface area contributed by atoms with E-state index in [1.807, 2.05) is 30.3 Å². The molecule has 0 heterocycles. The summed E-state index contributed by atoms with van der Waals surface area (Å²) < 4.78 is 14.6. The zero-order chi connectivity index (χ0) is 15.5. The number of ether oxygens (including phenoxy) is 3. The molecule has 124 valence electrons. The number of esters is 1. The molecule has 1 aromatic carbocycles. The van der Waals surface area contributed by atoms with Crippen molar-refractivity contribution in [2.45, 2.75) is 12.6 Å². The van der Waals surface area contributed by atoms with E-state index in [4.69, 9.17) is 19.9 Å². The average Bonchev–Trinajstić information content (AvgIpc) is 2.51. The molecule has 0 fully saturated rings. The van der Waals surface area contributed by atoms with Crippen LogP contribution in [0, 0.1) is 0 Å². The van der Waals surface area contributed by atoms with Crippen molar-refractivity contribution in [3.05, 3.63) is 35.9 Å². The molecule has 8 heteroatoms. The Bertz CT molecular complexity index is 444. The Kier molecular flexibility index (Phi) is 10.8. The number of nitrogens with one attached hydrogen (secondary N) is 1. The van der Waals surface area contributed by atoms with Crippen LogP contribution in [0.15, 0.2) is 30.3 Å². The first-order valence-electron chi connectivity index (χ1n) is 6.50. The Balaban J connectivity index is 0.00000441. The number of hydrogen-bond donors (Lipinski definition) is 2. The molecule has 0 unspecified atom stereocenters. The lowest BCUT2D eigenvalue weighted by Gasteiger charge is -2.15. The first-order chi connectivity index (χ1) is 10.2. The molecule has 22 heavy (non-hydrogen) atoms.